The van der Waals surface area contributed by atoms with E-state index in [1.54, 1.807) is 22.9 Å². The lowest BCUT2D eigenvalue weighted by atomic mass is 10.1. The molecular formula is C17H18N2O3. The fourth-order valence-electron chi connectivity index (χ4n) is 2.16. The monoisotopic (exact) mass is 298 g/mol. The zero-order valence-electron chi connectivity index (χ0n) is 12.1. The van der Waals surface area contributed by atoms with Crippen LogP contribution in [0.4, 0.5) is 0 Å². The maximum Gasteiger partial charge on any atom is 0.267 e. The fraction of sp³-hybridized carbons (Fsp3) is 0.176. The van der Waals surface area contributed by atoms with Crippen molar-refractivity contribution in [3.8, 4) is 0 Å². The molecule has 2 aromatic rings. The number of amides is 1. The molecule has 0 bridgehead atoms. The van der Waals surface area contributed by atoms with Gasteiger partial charge in [0.15, 0.2) is 0 Å². The highest BCUT2D eigenvalue weighted by molar-refractivity contribution is 5.90. The molecule has 1 heterocycles. The first-order valence-corrected chi connectivity index (χ1v) is 7.06. The Bertz CT molecular complexity index is 705. The Morgan fingerprint density at radius 1 is 1.18 bits per heavy atom. The molecule has 0 radical (unpaired) electrons. The maximum atomic E-state index is 12.2. The Labute approximate surface area is 128 Å². The van der Waals surface area contributed by atoms with Gasteiger partial charge in [-0.25, -0.2) is 5.48 Å². The standard InChI is InChI=1S/C17H18N2O3/c20-16(18-22)11-10-15-9-5-13-19(17(15)21)12-4-8-14-6-2-1-3-7-14/h1-3,5-7,9-11,13,22H,4,8,12H2,(H,18,20)/b11-10+. The van der Waals surface area contributed by atoms with Gasteiger partial charge in [0.1, 0.15) is 0 Å². The van der Waals surface area contributed by atoms with Gasteiger partial charge in [-0.15, -0.1) is 0 Å². The molecule has 22 heavy (non-hydrogen) atoms. The summed E-state index contributed by atoms with van der Waals surface area (Å²) in [6.45, 7) is 0.613. The summed E-state index contributed by atoms with van der Waals surface area (Å²) in [5, 5.41) is 8.43. The lowest BCUT2D eigenvalue weighted by Gasteiger charge is -2.06. The summed E-state index contributed by atoms with van der Waals surface area (Å²) < 4.78 is 1.62. The first kappa shape index (κ1) is 15.7. The minimum atomic E-state index is -0.668. The highest BCUT2D eigenvalue weighted by atomic mass is 16.5. The van der Waals surface area contributed by atoms with E-state index >= 15 is 0 Å². The maximum absolute atomic E-state index is 12.2. The fourth-order valence-corrected chi connectivity index (χ4v) is 2.16. The third kappa shape index (κ3) is 4.43. The average molecular weight is 298 g/mol. The van der Waals surface area contributed by atoms with Crippen molar-refractivity contribution in [3.63, 3.8) is 0 Å². The molecule has 5 nitrogen and oxygen atoms in total. The van der Waals surface area contributed by atoms with Gasteiger partial charge in [-0.2, -0.15) is 0 Å². The van der Waals surface area contributed by atoms with Crippen LogP contribution in [0.5, 0.6) is 0 Å². The molecule has 0 saturated carbocycles. The molecular weight excluding hydrogens is 280 g/mol. The number of aromatic nitrogens is 1. The zero-order valence-corrected chi connectivity index (χ0v) is 12.1. The molecule has 1 aromatic carbocycles. The third-order valence-electron chi connectivity index (χ3n) is 3.28. The number of benzene rings is 1. The van der Waals surface area contributed by atoms with Crippen LogP contribution < -0.4 is 11.0 Å². The number of rotatable bonds is 6. The van der Waals surface area contributed by atoms with Crippen LogP contribution in [0.25, 0.3) is 6.08 Å². The van der Waals surface area contributed by atoms with Crippen LogP contribution in [0.3, 0.4) is 0 Å². The molecule has 0 saturated heterocycles. The molecule has 0 aliphatic carbocycles. The predicted molar refractivity (Wildman–Crippen MR) is 84.4 cm³/mol. The quantitative estimate of drug-likeness (QED) is 0.487. The van der Waals surface area contributed by atoms with E-state index in [1.165, 1.54) is 17.1 Å². The van der Waals surface area contributed by atoms with Crippen molar-refractivity contribution < 1.29 is 10.0 Å². The van der Waals surface area contributed by atoms with Gasteiger partial charge >= 0.3 is 0 Å². The molecule has 2 rings (SSSR count). The van der Waals surface area contributed by atoms with Crippen LogP contribution in [0.15, 0.2) is 59.5 Å². The van der Waals surface area contributed by atoms with Gasteiger partial charge in [-0.05, 0) is 36.6 Å². The second-order valence-corrected chi connectivity index (χ2v) is 4.86. The van der Waals surface area contributed by atoms with E-state index in [0.717, 1.165) is 18.9 Å². The van der Waals surface area contributed by atoms with E-state index in [4.69, 9.17) is 5.21 Å². The molecule has 0 unspecified atom stereocenters. The average Bonchev–Trinajstić information content (AvgIpc) is 2.56. The zero-order chi connectivity index (χ0) is 15.8. The van der Waals surface area contributed by atoms with Gasteiger partial charge in [0.05, 0.1) is 0 Å². The van der Waals surface area contributed by atoms with Crippen LogP contribution in [-0.2, 0) is 17.8 Å². The largest absolute Gasteiger partial charge is 0.315 e. The highest BCUT2D eigenvalue weighted by Crippen LogP contribution is 2.04. The minimum Gasteiger partial charge on any atom is -0.315 e. The molecule has 0 aliphatic heterocycles. The first-order valence-electron chi connectivity index (χ1n) is 7.06. The van der Waals surface area contributed by atoms with E-state index < -0.39 is 5.91 Å². The minimum absolute atomic E-state index is 0.155. The summed E-state index contributed by atoms with van der Waals surface area (Å²) in [4.78, 5) is 23.2. The van der Waals surface area contributed by atoms with Gasteiger partial charge in [0.2, 0.25) is 0 Å². The summed E-state index contributed by atoms with van der Waals surface area (Å²) in [6.07, 6.45) is 6.00. The second kappa shape index (κ2) is 7.95. The lowest BCUT2D eigenvalue weighted by molar-refractivity contribution is -0.124. The Morgan fingerprint density at radius 2 is 1.95 bits per heavy atom. The van der Waals surface area contributed by atoms with Crippen LogP contribution in [0.2, 0.25) is 0 Å². The van der Waals surface area contributed by atoms with Gasteiger partial charge in [0, 0.05) is 24.4 Å². The van der Waals surface area contributed by atoms with Crippen LogP contribution in [0.1, 0.15) is 17.5 Å². The van der Waals surface area contributed by atoms with Gasteiger partial charge in [-0.3, -0.25) is 14.8 Å². The second-order valence-electron chi connectivity index (χ2n) is 4.86. The number of carbonyl (C=O) groups is 1. The third-order valence-corrected chi connectivity index (χ3v) is 3.28. The first-order chi connectivity index (χ1) is 10.7. The van der Waals surface area contributed by atoms with Crippen molar-refractivity contribution in [2.75, 3.05) is 0 Å². The smallest absolute Gasteiger partial charge is 0.267 e. The lowest BCUT2D eigenvalue weighted by Crippen LogP contribution is -2.22. The van der Waals surface area contributed by atoms with Crippen molar-refractivity contribution in [3.05, 3.63) is 76.2 Å². The number of hydrogen-bond acceptors (Lipinski definition) is 3. The molecule has 0 fully saturated rings. The van der Waals surface area contributed by atoms with E-state index in [0.29, 0.717) is 12.1 Å². The summed E-state index contributed by atoms with van der Waals surface area (Å²) in [7, 11) is 0. The molecule has 114 valence electrons. The number of nitrogens with zero attached hydrogens (tertiary/aromatic N) is 1. The van der Waals surface area contributed by atoms with Gasteiger partial charge in [-0.1, -0.05) is 30.3 Å². The predicted octanol–water partition coefficient (Wildman–Crippen LogP) is 2.00. The Balaban J connectivity index is 2.01. The molecule has 0 atom stereocenters. The molecule has 0 spiro atoms. The van der Waals surface area contributed by atoms with E-state index in [1.807, 2.05) is 18.2 Å². The SMILES string of the molecule is O=C(/C=C/c1cccn(CCCc2ccccc2)c1=O)NO. The van der Waals surface area contributed by atoms with Gasteiger partial charge < -0.3 is 4.57 Å². The molecule has 1 amide bonds. The highest BCUT2D eigenvalue weighted by Gasteiger charge is 2.01. The summed E-state index contributed by atoms with van der Waals surface area (Å²) in [5.41, 5.74) is 2.98. The number of hydrogen-bond donors (Lipinski definition) is 2. The number of carbonyl (C=O) groups excluding carboxylic acids is 1. The molecule has 5 heteroatoms. The van der Waals surface area contributed by atoms with E-state index in [9.17, 15) is 9.59 Å². The van der Waals surface area contributed by atoms with E-state index in [-0.39, 0.29) is 5.56 Å². The van der Waals surface area contributed by atoms with Crippen molar-refractivity contribution in [1.29, 1.82) is 0 Å². The van der Waals surface area contributed by atoms with Crippen molar-refractivity contribution in [1.82, 2.24) is 10.0 Å². The van der Waals surface area contributed by atoms with Crippen LogP contribution >= 0.6 is 0 Å². The normalized spacial score (nSPS) is 10.8. The molecule has 1 aromatic heterocycles. The Hall–Kier alpha value is -2.66. The number of nitrogens with one attached hydrogen (secondary N) is 1. The molecule has 0 aliphatic rings. The van der Waals surface area contributed by atoms with Crippen molar-refractivity contribution >= 4 is 12.0 Å². The van der Waals surface area contributed by atoms with Gasteiger partial charge in [0.25, 0.3) is 11.5 Å². The summed E-state index contributed by atoms with van der Waals surface area (Å²) >= 11 is 0. The number of aryl methyl sites for hydroxylation is 2. The summed E-state index contributed by atoms with van der Waals surface area (Å²) in [5.74, 6) is -0.668. The van der Waals surface area contributed by atoms with Crippen molar-refractivity contribution in [2.24, 2.45) is 0 Å². The summed E-state index contributed by atoms with van der Waals surface area (Å²) in [6, 6.07) is 13.5. The number of hydroxylamine groups is 1. The molecule has 2 N–H and O–H groups in total. The van der Waals surface area contributed by atoms with Crippen LogP contribution in [-0.4, -0.2) is 15.7 Å². The van der Waals surface area contributed by atoms with Crippen molar-refractivity contribution in [2.45, 2.75) is 19.4 Å². The Morgan fingerprint density at radius 3 is 2.68 bits per heavy atom. The number of pyridine rings is 1. The topological polar surface area (TPSA) is 71.3 Å². The Kier molecular flexibility index (Phi) is 5.68. The van der Waals surface area contributed by atoms with Crippen LogP contribution in [0, 0.1) is 0 Å². The van der Waals surface area contributed by atoms with E-state index in [2.05, 4.69) is 12.1 Å².